The zero-order valence-electron chi connectivity index (χ0n) is 5.19. The average Bonchev–Trinajstić information content (AvgIpc) is 1.87. The van der Waals surface area contributed by atoms with E-state index in [-0.39, 0.29) is 16.7 Å². The van der Waals surface area contributed by atoms with Crippen LogP contribution < -0.4 is 0 Å². The first kappa shape index (κ1) is 9.53. The highest BCUT2D eigenvalue weighted by Gasteiger charge is 2.03. The second-order valence-electron chi connectivity index (χ2n) is 1.44. The molecule has 0 amide bonds. The smallest absolute Gasteiger partial charge is 0.326 e. The summed E-state index contributed by atoms with van der Waals surface area (Å²) >= 11 is 10.4. The third-order valence-corrected chi connectivity index (χ3v) is 1.08. The monoisotopic (exact) mass is 180 g/mol. The van der Waals surface area contributed by atoms with Crippen LogP contribution in [0.2, 0.25) is 0 Å². The summed E-state index contributed by atoms with van der Waals surface area (Å²) in [6, 6.07) is 0. The van der Waals surface area contributed by atoms with Gasteiger partial charge in [-0.1, -0.05) is 24.8 Å². The van der Waals surface area contributed by atoms with Crippen LogP contribution in [-0.2, 0) is 9.53 Å². The molecule has 56 valence electrons. The van der Waals surface area contributed by atoms with E-state index < -0.39 is 5.97 Å². The number of carbonyl (C=O) groups is 1. The summed E-state index contributed by atoms with van der Waals surface area (Å²) in [5, 5.41) is 0.0958. The van der Waals surface area contributed by atoms with Crippen LogP contribution in [0.1, 0.15) is 0 Å². The Balaban J connectivity index is 3.80. The first-order chi connectivity index (χ1) is 4.57. The second kappa shape index (κ2) is 4.36. The van der Waals surface area contributed by atoms with Gasteiger partial charge >= 0.3 is 5.97 Å². The van der Waals surface area contributed by atoms with Gasteiger partial charge in [-0.05, 0) is 0 Å². The molecule has 0 spiro atoms. The summed E-state index contributed by atoms with van der Waals surface area (Å²) in [5.41, 5.74) is 0. The number of rotatable bonds is 3. The predicted octanol–water partition coefficient (Wildman–Crippen LogP) is 2.03. The molecule has 0 aromatic rings. The summed E-state index contributed by atoms with van der Waals surface area (Å²) in [6.45, 7) is 6.60. The van der Waals surface area contributed by atoms with Crippen molar-refractivity contribution in [2.45, 2.75) is 0 Å². The predicted molar refractivity (Wildman–Crippen MR) is 40.9 cm³/mol. The van der Waals surface area contributed by atoms with Crippen molar-refractivity contribution in [3.63, 3.8) is 0 Å². The lowest BCUT2D eigenvalue weighted by Crippen LogP contribution is -2.04. The maximum atomic E-state index is 10.4. The minimum absolute atomic E-state index is 0.0346. The molecule has 0 aliphatic carbocycles. The minimum atomic E-state index is -0.589. The molecule has 0 atom stereocenters. The van der Waals surface area contributed by atoms with Gasteiger partial charge in [-0.3, -0.25) is 4.79 Å². The third-order valence-electron chi connectivity index (χ3n) is 0.649. The number of allylic oxidation sites excluding steroid dienone is 1. The van der Waals surface area contributed by atoms with E-state index in [1.807, 2.05) is 0 Å². The van der Waals surface area contributed by atoms with Crippen LogP contribution in [0.3, 0.4) is 0 Å². The molecule has 2 nitrogen and oxygen atoms in total. The van der Waals surface area contributed by atoms with Gasteiger partial charge in [0.15, 0.2) is 0 Å². The molecule has 10 heavy (non-hydrogen) atoms. The Morgan fingerprint density at radius 2 is 2.00 bits per heavy atom. The maximum absolute atomic E-state index is 10.4. The molecule has 0 saturated carbocycles. The normalized spacial score (nSPS) is 8.60. The van der Waals surface area contributed by atoms with Crippen molar-refractivity contribution in [3.05, 3.63) is 23.9 Å². The summed E-state index contributed by atoms with van der Waals surface area (Å²) in [7, 11) is 0. The highest BCUT2D eigenvalue weighted by Crippen LogP contribution is 2.10. The van der Waals surface area contributed by atoms with Gasteiger partial charge in [0.2, 0.25) is 0 Å². The number of halogens is 2. The maximum Gasteiger partial charge on any atom is 0.326 e. The van der Waals surface area contributed by atoms with Crippen LogP contribution in [0, 0.1) is 0 Å². The molecular weight excluding hydrogens is 175 g/mol. The molecule has 0 saturated heterocycles. The quantitative estimate of drug-likeness (QED) is 0.288. The van der Waals surface area contributed by atoms with Gasteiger partial charge in [0, 0.05) is 0 Å². The fourth-order valence-electron chi connectivity index (χ4n) is 0.220. The number of ether oxygens (including phenoxy) is 1. The van der Waals surface area contributed by atoms with Gasteiger partial charge < -0.3 is 4.74 Å². The van der Waals surface area contributed by atoms with Crippen molar-refractivity contribution in [2.75, 3.05) is 5.88 Å². The van der Waals surface area contributed by atoms with Gasteiger partial charge in [0.25, 0.3) is 0 Å². The van der Waals surface area contributed by atoms with Gasteiger partial charge in [-0.2, -0.15) is 0 Å². The highest BCUT2D eigenvalue weighted by atomic mass is 35.5. The highest BCUT2D eigenvalue weighted by molar-refractivity contribution is 6.31. The van der Waals surface area contributed by atoms with Crippen LogP contribution >= 0.6 is 23.2 Å². The summed E-state index contributed by atoms with van der Waals surface area (Å²) in [4.78, 5) is 10.4. The number of hydrogen-bond acceptors (Lipinski definition) is 2. The van der Waals surface area contributed by atoms with Crippen LogP contribution in [-0.4, -0.2) is 11.8 Å². The lowest BCUT2D eigenvalue weighted by Gasteiger charge is -2.01. The van der Waals surface area contributed by atoms with Crippen molar-refractivity contribution in [1.82, 2.24) is 0 Å². The first-order valence-electron chi connectivity index (χ1n) is 2.38. The third kappa shape index (κ3) is 3.54. The van der Waals surface area contributed by atoms with Gasteiger partial charge in [0.1, 0.15) is 11.6 Å². The fourth-order valence-corrected chi connectivity index (χ4v) is 0.313. The van der Waals surface area contributed by atoms with E-state index in [1.165, 1.54) is 0 Å². The van der Waals surface area contributed by atoms with Gasteiger partial charge in [-0.15, -0.1) is 11.6 Å². The molecule has 0 aromatic carbocycles. The first-order valence-corrected chi connectivity index (χ1v) is 3.29. The number of carbonyl (C=O) groups excluding carboxylic acids is 1. The topological polar surface area (TPSA) is 26.3 Å². The van der Waals surface area contributed by atoms with E-state index >= 15 is 0 Å². The lowest BCUT2D eigenvalue weighted by molar-refractivity contribution is -0.136. The Morgan fingerprint density at radius 1 is 1.50 bits per heavy atom. The number of alkyl halides is 1. The van der Waals surface area contributed by atoms with Crippen molar-refractivity contribution in [1.29, 1.82) is 0 Å². The number of hydrogen-bond donors (Lipinski definition) is 0. The molecule has 0 aromatic heterocycles. The Labute approximate surface area is 69.1 Å². The second-order valence-corrected chi connectivity index (χ2v) is 2.16. The van der Waals surface area contributed by atoms with E-state index in [2.05, 4.69) is 17.9 Å². The van der Waals surface area contributed by atoms with E-state index in [0.717, 1.165) is 0 Å². The van der Waals surface area contributed by atoms with E-state index in [1.54, 1.807) is 0 Å². The van der Waals surface area contributed by atoms with Crippen LogP contribution in [0.4, 0.5) is 0 Å². The van der Waals surface area contributed by atoms with E-state index in [4.69, 9.17) is 23.2 Å². The van der Waals surface area contributed by atoms with Gasteiger partial charge in [0.05, 0.1) is 5.03 Å². The Kier molecular flexibility index (Phi) is 4.16. The van der Waals surface area contributed by atoms with Crippen molar-refractivity contribution in [2.24, 2.45) is 0 Å². The molecule has 0 aliphatic rings. The number of esters is 1. The van der Waals surface area contributed by atoms with Crippen LogP contribution in [0.5, 0.6) is 0 Å². The van der Waals surface area contributed by atoms with Crippen molar-refractivity contribution in [3.8, 4) is 0 Å². The largest absolute Gasteiger partial charge is 0.425 e. The zero-order chi connectivity index (χ0) is 8.15. The van der Waals surface area contributed by atoms with Crippen molar-refractivity contribution < 1.29 is 9.53 Å². The van der Waals surface area contributed by atoms with Gasteiger partial charge in [-0.25, -0.2) is 0 Å². The molecular formula is C6H6Cl2O2. The van der Waals surface area contributed by atoms with Crippen LogP contribution in [0.25, 0.3) is 0 Å². The molecule has 4 heteroatoms. The Bertz CT molecular complexity index is 175. The lowest BCUT2D eigenvalue weighted by atomic mass is 10.5. The Hall–Kier alpha value is -0.470. The van der Waals surface area contributed by atoms with E-state index in [9.17, 15) is 4.79 Å². The average molecular weight is 181 g/mol. The van der Waals surface area contributed by atoms with E-state index in [0.29, 0.717) is 0 Å². The molecule has 0 fully saturated rings. The minimum Gasteiger partial charge on any atom is -0.425 e. The van der Waals surface area contributed by atoms with Crippen molar-refractivity contribution >= 4 is 29.2 Å². The molecule has 0 radical (unpaired) electrons. The molecule has 0 bridgehead atoms. The van der Waals surface area contributed by atoms with Crippen LogP contribution in [0.15, 0.2) is 23.9 Å². The summed E-state index contributed by atoms with van der Waals surface area (Å²) in [6.07, 6.45) is 0. The SMILES string of the molecule is C=C(Cl)C(=C)OC(=O)CCl. The molecule has 0 unspecified atom stereocenters. The Morgan fingerprint density at radius 3 is 2.30 bits per heavy atom. The molecule has 0 rings (SSSR count). The molecule has 0 N–H and O–H groups in total. The fraction of sp³-hybridized carbons (Fsp3) is 0.167. The molecule has 0 heterocycles. The standard InChI is InChI=1S/C6H6Cl2O2/c1-4(8)5(2)10-6(9)3-7/h1-3H2. The summed E-state index contributed by atoms with van der Waals surface area (Å²) < 4.78 is 4.46. The zero-order valence-corrected chi connectivity index (χ0v) is 6.71. The summed E-state index contributed by atoms with van der Waals surface area (Å²) in [5.74, 6) is -0.774. The molecule has 0 aliphatic heterocycles.